The van der Waals surface area contributed by atoms with E-state index < -0.39 is 6.10 Å². The summed E-state index contributed by atoms with van der Waals surface area (Å²) < 4.78 is 11.5. The van der Waals surface area contributed by atoms with Gasteiger partial charge >= 0.3 is 0 Å². The summed E-state index contributed by atoms with van der Waals surface area (Å²) in [5.41, 5.74) is 4.58. The van der Waals surface area contributed by atoms with E-state index in [4.69, 9.17) is 9.15 Å². The molecule has 2 aromatic carbocycles. The molecule has 1 aliphatic heterocycles. The number of furan rings is 1. The van der Waals surface area contributed by atoms with Crippen molar-refractivity contribution in [3.8, 4) is 5.75 Å². The minimum Gasteiger partial charge on any atom is -0.481 e. The van der Waals surface area contributed by atoms with E-state index in [-0.39, 0.29) is 23.8 Å². The van der Waals surface area contributed by atoms with Crippen molar-refractivity contribution in [2.45, 2.75) is 51.8 Å². The van der Waals surface area contributed by atoms with Gasteiger partial charge in [0, 0.05) is 19.5 Å². The van der Waals surface area contributed by atoms with Crippen LogP contribution in [0.15, 0.2) is 65.3 Å². The van der Waals surface area contributed by atoms with Crippen molar-refractivity contribution in [3.63, 3.8) is 0 Å². The van der Waals surface area contributed by atoms with Crippen LogP contribution in [0.25, 0.3) is 0 Å². The van der Waals surface area contributed by atoms with Gasteiger partial charge in [-0.2, -0.15) is 0 Å². The molecule has 2 aliphatic rings. The highest BCUT2D eigenvalue weighted by Crippen LogP contribution is 2.41. The molecule has 0 bridgehead atoms. The Labute approximate surface area is 206 Å². The topological polar surface area (TPSA) is 63.0 Å². The Morgan fingerprint density at radius 2 is 1.97 bits per heavy atom. The molecule has 35 heavy (non-hydrogen) atoms. The van der Waals surface area contributed by atoms with Crippen molar-refractivity contribution in [1.29, 1.82) is 0 Å². The molecule has 3 aromatic rings. The van der Waals surface area contributed by atoms with Crippen molar-refractivity contribution in [3.05, 3.63) is 88.9 Å². The first-order chi connectivity index (χ1) is 16.9. The van der Waals surface area contributed by atoms with Gasteiger partial charge in [-0.3, -0.25) is 9.59 Å². The van der Waals surface area contributed by atoms with E-state index in [1.165, 1.54) is 11.1 Å². The maximum Gasteiger partial charge on any atom is 0.263 e. The van der Waals surface area contributed by atoms with Gasteiger partial charge in [-0.25, -0.2) is 0 Å². The summed E-state index contributed by atoms with van der Waals surface area (Å²) in [6.45, 7) is 4.94. The quantitative estimate of drug-likeness (QED) is 0.491. The van der Waals surface area contributed by atoms with E-state index >= 15 is 0 Å². The molecule has 2 heterocycles. The number of hydrogen-bond donors (Lipinski definition) is 0. The zero-order valence-electron chi connectivity index (χ0n) is 20.6. The Morgan fingerprint density at radius 1 is 1.14 bits per heavy atom. The van der Waals surface area contributed by atoms with Gasteiger partial charge in [-0.05, 0) is 74.1 Å². The van der Waals surface area contributed by atoms with E-state index in [2.05, 4.69) is 37.3 Å². The molecule has 6 nitrogen and oxygen atoms in total. The molecule has 0 saturated heterocycles. The third-order valence-corrected chi connectivity index (χ3v) is 6.92. The highest BCUT2D eigenvalue weighted by Gasteiger charge is 2.39. The molecule has 1 fully saturated rings. The Morgan fingerprint density at radius 3 is 2.69 bits per heavy atom. The second-order valence-electron chi connectivity index (χ2n) is 9.77. The molecule has 6 heteroatoms. The van der Waals surface area contributed by atoms with Gasteiger partial charge in [0.25, 0.3) is 5.91 Å². The van der Waals surface area contributed by atoms with Gasteiger partial charge in [0.2, 0.25) is 5.91 Å². The first-order valence-electron chi connectivity index (χ1n) is 12.3. The smallest absolute Gasteiger partial charge is 0.263 e. The van der Waals surface area contributed by atoms with E-state index in [1.807, 2.05) is 29.2 Å². The minimum absolute atomic E-state index is 0.125. The standard InChI is InChI=1S/C29H32N2O4/c1-19-6-4-7-23(16-19)27-26-17-24(12-11-21(26)13-14-31(27)29(33)22-9-10-22)35-20(2)28(32)30(3)18-25-8-5-15-34-25/h4-8,11-12,15-17,20,22,27H,9-10,13-14,18H2,1-3H3. The van der Waals surface area contributed by atoms with Gasteiger partial charge in [-0.1, -0.05) is 35.9 Å². The van der Waals surface area contributed by atoms with Crippen LogP contribution < -0.4 is 4.74 Å². The fourth-order valence-electron chi connectivity index (χ4n) is 4.95. The van der Waals surface area contributed by atoms with Gasteiger partial charge in [0.05, 0.1) is 18.8 Å². The SMILES string of the molecule is Cc1cccc(C2c3cc(OC(C)C(=O)N(C)Cc4ccco4)ccc3CCN2C(=O)C2CC2)c1. The van der Waals surface area contributed by atoms with Crippen LogP contribution in [0, 0.1) is 12.8 Å². The summed E-state index contributed by atoms with van der Waals surface area (Å²) in [7, 11) is 1.74. The van der Waals surface area contributed by atoms with Crippen LogP contribution in [0.5, 0.6) is 5.75 Å². The average molecular weight is 473 g/mol. The van der Waals surface area contributed by atoms with Crippen molar-refractivity contribution in [2.24, 2.45) is 5.92 Å². The molecular formula is C29H32N2O4. The number of hydrogen-bond acceptors (Lipinski definition) is 4. The fraction of sp³-hybridized carbons (Fsp3) is 0.379. The summed E-state index contributed by atoms with van der Waals surface area (Å²) in [4.78, 5) is 29.8. The monoisotopic (exact) mass is 472 g/mol. The molecule has 1 aromatic heterocycles. The summed E-state index contributed by atoms with van der Waals surface area (Å²) >= 11 is 0. The lowest BCUT2D eigenvalue weighted by Crippen LogP contribution is -2.41. The van der Waals surface area contributed by atoms with Gasteiger partial charge in [0.1, 0.15) is 11.5 Å². The lowest BCUT2D eigenvalue weighted by molar-refractivity contribution is -0.137. The lowest BCUT2D eigenvalue weighted by Gasteiger charge is -2.38. The molecule has 2 atom stereocenters. The maximum absolute atomic E-state index is 13.2. The maximum atomic E-state index is 13.2. The van der Waals surface area contributed by atoms with Crippen molar-refractivity contribution in [1.82, 2.24) is 9.80 Å². The lowest BCUT2D eigenvalue weighted by atomic mass is 9.87. The minimum atomic E-state index is -0.654. The van der Waals surface area contributed by atoms with Crippen LogP contribution in [0.2, 0.25) is 0 Å². The van der Waals surface area contributed by atoms with E-state index in [0.29, 0.717) is 18.8 Å². The number of likely N-dealkylation sites (N-methyl/N-ethyl adjacent to an activating group) is 1. The number of fused-ring (bicyclic) bond motifs is 1. The summed E-state index contributed by atoms with van der Waals surface area (Å²) in [5.74, 6) is 1.64. The summed E-state index contributed by atoms with van der Waals surface area (Å²) in [5, 5.41) is 0. The van der Waals surface area contributed by atoms with E-state index in [9.17, 15) is 9.59 Å². The van der Waals surface area contributed by atoms with Crippen LogP contribution in [0.3, 0.4) is 0 Å². The molecule has 2 unspecified atom stereocenters. The molecule has 182 valence electrons. The predicted molar refractivity (Wildman–Crippen MR) is 133 cm³/mol. The molecule has 2 amide bonds. The Kier molecular flexibility index (Phi) is 6.37. The number of amides is 2. The number of rotatable bonds is 7. The van der Waals surface area contributed by atoms with Crippen molar-refractivity contribution < 1.29 is 18.7 Å². The predicted octanol–water partition coefficient (Wildman–Crippen LogP) is 4.90. The number of nitrogens with zero attached hydrogens (tertiary/aromatic N) is 2. The Hall–Kier alpha value is -3.54. The zero-order chi connectivity index (χ0) is 24.5. The fourth-order valence-corrected chi connectivity index (χ4v) is 4.95. The third-order valence-electron chi connectivity index (χ3n) is 6.92. The first-order valence-corrected chi connectivity index (χ1v) is 12.3. The molecule has 0 spiro atoms. The second kappa shape index (κ2) is 9.61. The molecule has 1 aliphatic carbocycles. The third kappa shape index (κ3) is 4.97. The largest absolute Gasteiger partial charge is 0.481 e. The molecule has 1 saturated carbocycles. The molecular weight excluding hydrogens is 440 g/mol. The number of carbonyl (C=O) groups is 2. The Balaban J connectivity index is 1.40. The Bertz CT molecular complexity index is 1220. The van der Waals surface area contributed by atoms with Gasteiger partial charge < -0.3 is 19.0 Å². The van der Waals surface area contributed by atoms with Crippen LogP contribution in [-0.2, 0) is 22.6 Å². The van der Waals surface area contributed by atoms with Crippen molar-refractivity contribution >= 4 is 11.8 Å². The highest BCUT2D eigenvalue weighted by atomic mass is 16.5. The normalized spacial score (nSPS) is 18.0. The number of ether oxygens (including phenoxy) is 1. The van der Waals surface area contributed by atoms with E-state index in [0.717, 1.165) is 36.1 Å². The van der Waals surface area contributed by atoms with Gasteiger partial charge in [0.15, 0.2) is 6.10 Å². The number of benzene rings is 2. The van der Waals surface area contributed by atoms with Crippen LogP contribution >= 0.6 is 0 Å². The van der Waals surface area contributed by atoms with Crippen LogP contribution in [0.4, 0.5) is 0 Å². The van der Waals surface area contributed by atoms with Crippen LogP contribution in [-0.4, -0.2) is 41.3 Å². The second-order valence-corrected chi connectivity index (χ2v) is 9.77. The number of aryl methyl sites for hydroxylation is 1. The van der Waals surface area contributed by atoms with E-state index in [1.54, 1.807) is 25.1 Å². The van der Waals surface area contributed by atoms with Crippen LogP contribution in [0.1, 0.15) is 53.8 Å². The summed E-state index contributed by atoms with van der Waals surface area (Å²) in [6.07, 6.45) is 3.73. The molecule has 5 rings (SSSR count). The number of carbonyl (C=O) groups excluding carboxylic acids is 2. The average Bonchev–Trinajstić information content (AvgIpc) is 3.58. The van der Waals surface area contributed by atoms with Gasteiger partial charge in [-0.15, -0.1) is 0 Å². The summed E-state index contributed by atoms with van der Waals surface area (Å²) in [6, 6.07) is 17.9. The zero-order valence-corrected chi connectivity index (χ0v) is 20.6. The molecule has 0 radical (unpaired) electrons. The van der Waals surface area contributed by atoms with Crippen molar-refractivity contribution in [2.75, 3.05) is 13.6 Å². The highest BCUT2D eigenvalue weighted by molar-refractivity contribution is 5.82. The molecule has 0 N–H and O–H groups in total. The first kappa shape index (κ1) is 23.2.